The van der Waals surface area contributed by atoms with Crippen LogP contribution in [0.25, 0.3) is 0 Å². The van der Waals surface area contributed by atoms with E-state index in [0.29, 0.717) is 18.7 Å². The average Bonchev–Trinajstić information content (AvgIpc) is 2.23. The molecule has 0 fully saturated rings. The van der Waals surface area contributed by atoms with Gasteiger partial charge < -0.3 is 16.4 Å². The Morgan fingerprint density at radius 3 is 2.71 bits per heavy atom. The maximum Gasteiger partial charge on any atom is 0.312 e. The Kier molecular flexibility index (Phi) is 4.27. The summed E-state index contributed by atoms with van der Waals surface area (Å²) in [6.45, 7) is 2.57. The predicted octanol–water partition coefficient (Wildman–Crippen LogP) is 0.983. The first-order chi connectivity index (χ1) is 8.00. The second-order valence-corrected chi connectivity index (χ2v) is 3.48. The van der Waals surface area contributed by atoms with Gasteiger partial charge in [0.2, 0.25) is 0 Å². The molecule has 1 aromatic carbocycles. The molecule has 0 saturated carbocycles. The fourth-order valence-corrected chi connectivity index (χ4v) is 1.36. The number of nitrogens with two attached hydrogens (primary N) is 1. The van der Waals surface area contributed by atoms with Crippen molar-refractivity contribution in [2.75, 3.05) is 18.4 Å². The van der Waals surface area contributed by atoms with Crippen LogP contribution in [0.1, 0.15) is 5.56 Å². The Hall–Kier alpha value is -2.31. The molecule has 0 heterocycles. The van der Waals surface area contributed by atoms with E-state index < -0.39 is 11.0 Å². The fraction of sp³-hybridized carbons (Fsp3) is 0.300. The van der Waals surface area contributed by atoms with Crippen molar-refractivity contribution in [1.82, 2.24) is 5.32 Å². The van der Waals surface area contributed by atoms with Gasteiger partial charge in [-0.15, -0.1) is 0 Å². The number of carbonyl (C=O) groups is 1. The molecule has 0 unspecified atom stereocenters. The molecule has 92 valence electrons. The van der Waals surface area contributed by atoms with Gasteiger partial charge >= 0.3 is 6.03 Å². The number of nitro benzene ring substituents is 1. The number of nitrogens with one attached hydrogen (secondary N) is 2. The number of aryl methyl sites for hydroxylation is 1. The maximum absolute atomic E-state index is 10.6. The van der Waals surface area contributed by atoms with Crippen molar-refractivity contribution in [2.24, 2.45) is 5.73 Å². The van der Waals surface area contributed by atoms with Crippen LogP contribution in [0.15, 0.2) is 18.2 Å². The Labute approximate surface area is 98.1 Å². The lowest BCUT2D eigenvalue weighted by atomic mass is 10.2. The summed E-state index contributed by atoms with van der Waals surface area (Å²) in [6.07, 6.45) is 0. The van der Waals surface area contributed by atoms with E-state index in [-0.39, 0.29) is 5.69 Å². The van der Waals surface area contributed by atoms with E-state index >= 15 is 0 Å². The van der Waals surface area contributed by atoms with E-state index in [9.17, 15) is 14.9 Å². The number of nitrogens with zero attached hydrogens (tertiary/aromatic N) is 1. The van der Waals surface area contributed by atoms with Crippen LogP contribution in [-0.2, 0) is 0 Å². The number of benzene rings is 1. The summed E-state index contributed by atoms with van der Waals surface area (Å²) in [5.41, 5.74) is 6.33. The van der Waals surface area contributed by atoms with Gasteiger partial charge in [0.05, 0.1) is 4.92 Å². The molecule has 2 amide bonds. The molecule has 0 saturated heterocycles. The highest BCUT2D eigenvalue weighted by Crippen LogP contribution is 2.21. The van der Waals surface area contributed by atoms with E-state index in [1.807, 2.05) is 0 Å². The van der Waals surface area contributed by atoms with Crippen LogP contribution in [0.5, 0.6) is 0 Å². The number of hydrogen-bond donors (Lipinski definition) is 3. The van der Waals surface area contributed by atoms with Crippen LogP contribution < -0.4 is 16.4 Å². The standard InChI is InChI=1S/C10H14N4O3/c1-7-6-8(2-3-9(7)14(16)17)12-4-5-13-10(11)15/h2-3,6,12H,4-5H2,1H3,(H3,11,13,15). The summed E-state index contributed by atoms with van der Waals surface area (Å²) < 4.78 is 0. The number of amides is 2. The number of nitro groups is 1. The van der Waals surface area contributed by atoms with Gasteiger partial charge in [-0.2, -0.15) is 0 Å². The number of carbonyl (C=O) groups excluding carboxylic acids is 1. The summed E-state index contributed by atoms with van der Waals surface area (Å²) in [5.74, 6) is 0. The van der Waals surface area contributed by atoms with Gasteiger partial charge in [0, 0.05) is 30.4 Å². The summed E-state index contributed by atoms with van der Waals surface area (Å²) in [7, 11) is 0. The van der Waals surface area contributed by atoms with Crippen LogP contribution in [-0.4, -0.2) is 24.0 Å². The summed E-state index contributed by atoms with van der Waals surface area (Å²) in [5, 5.41) is 16.0. The number of hydrogen-bond acceptors (Lipinski definition) is 4. The molecule has 0 atom stereocenters. The highest BCUT2D eigenvalue weighted by Gasteiger charge is 2.09. The summed E-state index contributed by atoms with van der Waals surface area (Å²) in [4.78, 5) is 20.6. The SMILES string of the molecule is Cc1cc(NCCNC(N)=O)ccc1[N+](=O)[O-]. The van der Waals surface area contributed by atoms with E-state index in [1.54, 1.807) is 19.1 Å². The first-order valence-corrected chi connectivity index (χ1v) is 5.03. The first-order valence-electron chi connectivity index (χ1n) is 5.03. The van der Waals surface area contributed by atoms with Crippen LogP contribution in [0, 0.1) is 17.0 Å². The highest BCUT2D eigenvalue weighted by molar-refractivity contribution is 5.71. The minimum absolute atomic E-state index is 0.0887. The van der Waals surface area contributed by atoms with Crippen molar-refractivity contribution >= 4 is 17.4 Å². The Balaban J connectivity index is 2.53. The number of anilines is 1. The second kappa shape index (κ2) is 5.69. The molecular formula is C10H14N4O3. The lowest BCUT2D eigenvalue weighted by molar-refractivity contribution is -0.385. The van der Waals surface area contributed by atoms with Gasteiger partial charge in [0.15, 0.2) is 0 Å². The fourth-order valence-electron chi connectivity index (χ4n) is 1.36. The van der Waals surface area contributed by atoms with E-state index in [2.05, 4.69) is 10.6 Å². The van der Waals surface area contributed by atoms with Crippen molar-refractivity contribution in [3.8, 4) is 0 Å². The quantitative estimate of drug-likeness (QED) is 0.403. The van der Waals surface area contributed by atoms with E-state index in [1.165, 1.54) is 6.07 Å². The van der Waals surface area contributed by atoms with Crippen LogP contribution in [0.2, 0.25) is 0 Å². The largest absolute Gasteiger partial charge is 0.383 e. The Morgan fingerprint density at radius 2 is 2.18 bits per heavy atom. The number of primary amides is 1. The topological polar surface area (TPSA) is 110 Å². The lowest BCUT2D eigenvalue weighted by Gasteiger charge is -2.07. The summed E-state index contributed by atoms with van der Waals surface area (Å²) in [6, 6.07) is 4.17. The zero-order valence-electron chi connectivity index (χ0n) is 9.40. The van der Waals surface area contributed by atoms with Crippen molar-refractivity contribution < 1.29 is 9.72 Å². The molecule has 0 spiro atoms. The van der Waals surface area contributed by atoms with Gasteiger partial charge in [-0.1, -0.05) is 0 Å². The molecule has 0 aromatic heterocycles. The molecule has 1 aromatic rings. The predicted molar refractivity (Wildman–Crippen MR) is 63.9 cm³/mol. The molecule has 7 heteroatoms. The molecule has 0 bridgehead atoms. The third-order valence-corrected chi connectivity index (χ3v) is 2.15. The molecule has 0 aliphatic rings. The molecule has 1 rings (SSSR count). The Bertz CT molecular complexity index is 434. The van der Waals surface area contributed by atoms with Crippen molar-refractivity contribution in [1.29, 1.82) is 0 Å². The smallest absolute Gasteiger partial charge is 0.312 e. The molecule has 0 aliphatic heterocycles. The van der Waals surface area contributed by atoms with E-state index in [0.717, 1.165) is 5.69 Å². The second-order valence-electron chi connectivity index (χ2n) is 3.48. The van der Waals surface area contributed by atoms with Crippen LogP contribution in [0.4, 0.5) is 16.2 Å². The molecule has 4 N–H and O–H groups in total. The van der Waals surface area contributed by atoms with Gasteiger partial charge in [0.1, 0.15) is 0 Å². The maximum atomic E-state index is 10.6. The highest BCUT2D eigenvalue weighted by atomic mass is 16.6. The van der Waals surface area contributed by atoms with Crippen LogP contribution >= 0.6 is 0 Å². The minimum atomic E-state index is -0.577. The zero-order chi connectivity index (χ0) is 12.8. The van der Waals surface area contributed by atoms with Crippen molar-refractivity contribution in [3.63, 3.8) is 0 Å². The normalized spacial score (nSPS) is 9.71. The molecule has 17 heavy (non-hydrogen) atoms. The zero-order valence-corrected chi connectivity index (χ0v) is 9.40. The molecule has 0 aliphatic carbocycles. The van der Waals surface area contributed by atoms with Crippen LogP contribution in [0.3, 0.4) is 0 Å². The summed E-state index contributed by atoms with van der Waals surface area (Å²) >= 11 is 0. The average molecular weight is 238 g/mol. The van der Waals surface area contributed by atoms with Crippen molar-refractivity contribution in [3.05, 3.63) is 33.9 Å². The number of urea groups is 1. The Morgan fingerprint density at radius 1 is 1.47 bits per heavy atom. The molecular weight excluding hydrogens is 224 g/mol. The van der Waals surface area contributed by atoms with E-state index in [4.69, 9.17) is 5.73 Å². The molecule has 7 nitrogen and oxygen atoms in total. The number of rotatable bonds is 5. The third-order valence-electron chi connectivity index (χ3n) is 2.15. The molecule has 0 radical (unpaired) electrons. The van der Waals surface area contributed by atoms with Gasteiger partial charge in [-0.25, -0.2) is 4.79 Å². The van der Waals surface area contributed by atoms with Gasteiger partial charge in [-0.3, -0.25) is 10.1 Å². The van der Waals surface area contributed by atoms with Gasteiger partial charge in [0.25, 0.3) is 5.69 Å². The van der Waals surface area contributed by atoms with Gasteiger partial charge in [-0.05, 0) is 19.1 Å². The third kappa shape index (κ3) is 3.98. The van der Waals surface area contributed by atoms with Crippen molar-refractivity contribution in [2.45, 2.75) is 6.92 Å². The monoisotopic (exact) mass is 238 g/mol. The lowest BCUT2D eigenvalue weighted by Crippen LogP contribution is -2.33. The first kappa shape index (κ1) is 12.8. The minimum Gasteiger partial charge on any atom is -0.383 e.